The molecule has 0 spiro atoms. The molecule has 1 unspecified atom stereocenters. The molecule has 1 N–H and O–H groups in total. The minimum Gasteiger partial charge on any atom is -0.370 e. The summed E-state index contributed by atoms with van der Waals surface area (Å²) in [6, 6.07) is 5.74. The van der Waals surface area contributed by atoms with Gasteiger partial charge in [-0.1, -0.05) is 25.3 Å². The zero-order valence-corrected chi connectivity index (χ0v) is 13.1. The predicted octanol–water partition coefficient (Wildman–Crippen LogP) is 3.88. The Morgan fingerprint density at radius 3 is 2.76 bits per heavy atom. The molecule has 2 fully saturated rings. The molecular weight excluding hydrogens is 263 g/mol. The van der Waals surface area contributed by atoms with E-state index < -0.39 is 0 Å². The van der Waals surface area contributed by atoms with Crippen molar-refractivity contribution in [3.8, 4) is 0 Å². The van der Waals surface area contributed by atoms with Crippen LogP contribution in [-0.4, -0.2) is 25.7 Å². The first-order valence-corrected chi connectivity index (χ1v) is 8.48. The summed E-state index contributed by atoms with van der Waals surface area (Å²) in [6.07, 6.45) is 8.00. The Kier molecular flexibility index (Phi) is 4.79. The van der Waals surface area contributed by atoms with Crippen molar-refractivity contribution in [2.75, 3.05) is 24.5 Å². The molecular formula is C18H27FN2. The lowest BCUT2D eigenvalue weighted by Crippen LogP contribution is -2.44. The highest BCUT2D eigenvalue weighted by Crippen LogP contribution is 2.29. The van der Waals surface area contributed by atoms with Crippen LogP contribution in [0.5, 0.6) is 0 Å². The molecule has 0 bridgehead atoms. The van der Waals surface area contributed by atoms with E-state index in [1.165, 1.54) is 37.7 Å². The van der Waals surface area contributed by atoms with E-state index in [0.717, 1.165) is 37.7 Å². The van der Waals surface area contributed by atoms with Gasteiger partial charge in [0.2, 0.25) is 0 Å². The molecule has 1 aromatic carbocycles. The van der Waals surface area contributed by atoms with Gasteiger partial charge in [-0.25, -0.2) is 4.39 Å². The molecule has 3 rings (SSSR count). The van der Waals surface area contributed by atoms with Crippen molar-refractivity contribution in [1.82, 2.24) is 5.32 Å². The number of nitrogens with zero attached hydrogens (tertiary/aromatic N) is 1. The van der Waals surface area contributed by atoms with Crippen LogP contribution in [-0.2, 0) is 0 Å². The van der Waals surface area contributed by atoms with Crippen LogP contribution in [0.3, 0.4) is 0 Å². The van der Waals surface area contributed by atoms with Gasteiger partial charge >= 0.3 is 0 Å². The first kappa shape index (κ1) is 14.8. The molecule has 1 aliphatic heterocycles. The van der Waals surface area contributed by atoms with E-state index in [9.17, 15) is 4.39 Å². The van der Waals surface area contributed by atoms with Crippen molar-refractivity contribution >= 4 is 5.69 Å². The number of aryl methyl sites for hydroxylation is 1. The summed E-state index contributed by atoms with van der Waals surface area (Å²) in [4.78, 5) is 2.40. The Labute approximate surface area is 127 Å². The van der Waals surface area contributed by atoms with E-state index >= 15 is 0 Å². The molecule has 1 aliphatic carbocycles. The van der Waals surface area contributed by atoms with E-state index in [1.807, 2.05) is 6.07 Å². The SMILES string of the molecule is Cc1ccc(F)cc1N1CCCNC(C2CCCCC2)C1. The summed E-state index contributed by atoms with van der Waals surface area (Å²) < 4.78 is 13.6. The smallest absolute Gasteiger partial charge is 0.125 e. The number of halogens is 1. The van der Waals surface area contributed by atoms with Gasteiger partial charge in [0, 0.05) is 24.8 Å². The molecule has 1 saturated heterocycles. The van der Waals surface area contributed by atoms with E-state index in [0.29, 0.717) is 6.04 Å². The molecule has 0 amide bonds. The highest BCUT2D eigenvalue weighted by molar-refractivity contribution is 5.53. The Hall–Kier alpha value is -1.09. The van der Waals surface area contributed by atoms with Crippen LogP contribution in [0.4, 0.5) is 10.1 Å². The summed E-state index contributed by atoms with van der Waals surface area (Å²) in [6.45, 7) is 5.23. The lowest BCUT2D eigenvalue weighted by atomic mass is 9.83. The second-order valence-electron chi connectivity index (χ2n) is 6.69. The van der Waals surface area contributed by atoms with Gasteiger partial charge in [-0.3, -0.25) is 0 Å². The minimum absolute atomic E-state index is 0.123. The fraction of sp³-hybridized carbons (Fsp3) is 0.667. The van der Waals surface area contributed by atoms with Gasteiger partial charge in [-0.05, 0) is 56.3 Å². The molecule has 1 aromatic rings. The standard InChI is InChI=1S/C18H27FN2/c1-14-8-9-16(19)12-18(14)21-11-5-10-20-17(13-21)15-6-3-2-4-7-15/h8-9,12,15,17,20H,2-7,10-11,13H2,1H3. The lowest BCUT2D eigenvalue weighted by molar-refractivity contribution is 0.277. The van der Waals surface area contributed by atoms with Gasteiger partial charge in [0.1, 0.15) is 5.82 Å². The molecule has 0 aromatic heterocycles. The van der Waals surface area contributed by atoms with Crippen LogP contribution in [0.1, 0.15) is 44.1 Å². The van der Waals surface area contributed by atoms with E-state index in [1.54, 1.807) is 12.1 Å². The molecule has 21 heavy (non-hydrogen) atoms. The van der Waals surface area contributed by atoms with Gasteiger partial charge in [0.25, 0.3) is 0 Å². The molecule has 1 heterocycles. The van der Waals surface area contributed by atoms with Crippen LogP contribution in [0, 0.1) is 18.7 Å². The zero-order valence-electron chi connectivity index (χ0n) is 13.1. The first-order valence-electron chi connectivity index (χ1n) is 8.48. The van der Waals surface area contributed by atoms with Crippen molar-refractivity contribution in [3.63, 3.8) is 0 Å². The predicted molar refractivity (Wildman–Crippen MR) is 86.3 cm³/mol. The monoisotopic (exact) mass is 290 g/mol. The molecule has 1 saturated carbocycles. The number of rotatable bonds is 2. The number of anilines is 1. The quantitative estimate of drug-likeness (QED) is 0.889. The van der Waals surface area contributed by atoms with E-state index in [-0.39, 0.29) is 5.82 Å². The Morgan fingerprint density at radius 2 is 1.95 bits per heavy atom. The second-order valence-corrected chi connectivity index (χ2v) is 6.69. The minimum atomic E-state index is -0.123. The van der Waals surface area contributed by atoms with Gasteiger partial charge in [-0.15, -0.1) is 0 Å². The summed E-state index contributed by atoms with van der Waals surface area (Å²) in [5.74, 6) is 0.676. The first-order chi connectivity index (χ1) is 10.2. The molecule has 3 heteroatoms. The van der Waals surface area contributed by atoms with Crippen molar-refractivity contribution in [2.24, 2.45) is 5.92 Å². The van der Waals surface area contributed by atoms with Crippen LogP contribution >= 0.6 is 0 Å². The van der Waals surface area contributed by atoms with Gasteiger partial charge in [-0.2, -0.15) is 0 Å². The molecule has 2 aliphatic rings. The average Bonchev–Trinajstić information content (AvgIpc) is 2.76. The van der Waals surface area contributed by atoms with E-state index in [4.69, 9.17) is 0 Å². The van der Waals surface area contributed by atoms with Gasteiger partial charge in [0.15, 0.2) is 0 Å². The summed E-state index contributed by atoms with van der Waals surface area (Å²) in [5.41, 5.74) is 2.26. The molecule has 2 nitrogen and oxygen atoms in total. The zero-order chi connectivity index (χ0) is 14.7. The van der Waals surface area contributed by atoms with Crippen molar-refractivity contribution in [1.29, 1.82) is 0 Å². The molecule has 116 valence electrons. The number of benzene rings is 1. The van der Waals surface area contributed by atoms with Gasteiger partial charge in [0.05, 0.1) is 0 Å². The fourth-order valence-electron chi connectivity index (χ4n) is 3.94. The largest absolute Gasteiger partial charge is 0.370 e. The summed E-state index contributed by atoms with van der Waals surface area (Å²) in [7, 11) is 0. The summed E-state index contributed by atoms with van der Waals surface area (Å²) in [5, 5.41) is 3.75. The molecule has 0 radical (unpaired) electrons. The maximum Gasteiger partial charge on any atom is 0.125 e. The fourth-order valence-corrected chi connectivity index (χ4v) is 3.94. The van der Waals surface area contributed by atoms with Crippen molar-refractivity contribution in [2.45, 2.75) is 51.5 Å². The van der Waals surface area contributed by atoms with Crippen LogP contribution in [0.15, 0.2) is 18.2 Å². The van der Waals surface area contributed by atoms with Gasteiger partial charge < -0.3 is 10.2 Å². The highest BCUT2D eigenvalue weighted by Gasteiger charge is 2.27. The third-order valence-electron chi connectivity index (χ3n) is 5.16. The number of hydrogen-bond donors (Lipinski definition) is 1. The van der Waals surface area contributed by atoms with Crippen LogP contribution in [0.2, 0.25) is 0 Å². The maximum atomic E-state index is 13.6. The summed E-state index contributed by atoms with van der Waals surface area (Å²) >= 11 is 0. The molecule has 1 atom stereocenters. The average molecular weight is 290 g/mol. The van der Waals surface area contributed by atoms with Crippen LogP contribution in [0.25, 0.3) is 0 Å². The third-order valence-corrected chi connectivity index (χ3v) is 5.16. The normalized spacial score (nSPS) is 24.9. The maximum absolute atomic E-state index is 13.6. The van der Waals surface area contributed by atoms with Crippen LogP contribution < -0.4 is 10.2 Å². The number of hydrogen-bond acceptors (Lipinski definition) is 2. The van der Waals surface area contributed by atoms with Crippen molar-refractivity contribution < 1.29 is 4.39 Å². The highest BCUT2D eigenvalue weighted by atomic mass is 19.1. The second kappa shape index (κ2) is 6.78. The Bertz CT molecular complexity index is 468. The number of nitrogens with one attached hydrogen (secondary N) is 1. The Balaban J connectivity index is 1.76. The lowest BCUT2D eigenvalue weighted by Gasteiger charge is -2.34. The Morgan fingerprint density at radius 1 is 1.14 bits per heavy atom. The van der Waals surface area contributed by atoms with Crippen molar-refractivity contribution in [3.05, 3.63) is 29.6 Å². The third kappa shape index (κ3) is 3.57. The van der Waals surface area contributed by atoms with E-state index in [2.05, 4.69) is 17.1 Å². The topological polar surface area (TPSA) is 15.3 Å².